The SMILES string of the molecule is O=C(CN(CC1CCCO1)C(=O)Nc1cccc(C(F)(F)F)c1)Nc1ccon1. The number of ether oxygens (including phenoxy) is 1. The van der Waals surface area contributed by atoms with Gasteiger partial charge in [0.25, 0.3) is 0 Å². The van der Waals surface area contributed by atoms with Crippen LogP contribution >= 0.6 is 0 Å². The highest BCUT2D eigenvalue weighted by molar-refractivity contribution is 5.96. The van der Waals surface area contributed by atoms with E-state index < -0.39 is 23.7 Å². The second-order valence-corrected chi connectivity index (χ2v) is 6.46. The predicted molar refractivity (Wildman–Crippen MR) is 96.1 cm³/mol. The zero-order chi connectivity index (χ0) is 20.9. The summed E-state index contributed by atoms with van der Waals surface area (Å²) < 4.78 is 48.8. The van der Waals surface area contributed by atoms with Crippen molar-refractivity contribution in [1.82, 2.24) is 10.1 Å². The highest BCUT2D eigenvalue weighted by atomic mass is 19.4. The Morgan fingerprint density at radius 1 is 1.24 bits per heavy atom. The first-order chi connectivity index (χ1) is 13.8. The summed E-state index contributed by atoms with van der Waals surface area (Å²) in [4.78, 5) is 26.1. The van der Waals surface area contributed by atoms with Gasteiger partial charge in [-0.3, -0.25) is 4.79 Å². The summed E-state index contributed by atoms with van der Waals surface area (Å²) in [6, 6.07) is 5.00. The van der Waals surface area contributed by atoms with E-state index in [0.29, 0.717) is 6.61 Å². The van der Waals surface area contributed by atoms with Gasteiger partial charge in [-0.05, 0) is 31.0 Å². The van der Waals surface area contributed by atoms with Gasteiger partial charge in [-0.2, -0.15) is 13.2 Å². The monoisotopic (exact) mass is 412 g/mol. The Kier molecular flexibility index (Phi) is 6.37. The Morgan fingerprint density at radius 2 is 2.07 bits per heavy atom. The lowest BCUT2D eigenvalue weighted by molar-refractivity contribution is -0.137. The van der Waals surface area contributed by atoms with Crippen molar-refractivity contribution in [2.24, 2.45) is 0 Å². The van der Waals surface area contributed by atoms with Gasteiger partial charge in [0, 0.05) is 24.9 Å². The zero-order valence-corrected chi connectivity index (χ0v) is 15.2. The maximum Gasteiger partial charge on any atom is 0.416 e. The molecule has 2 heterocycles. The molecule has 1 fully saturated rings. The van der Waals surface area contributed by atoms with E-state index in [1.807, 2.05) is 0 Å². The molecule has 1 saturated heterocycles. The second kappa shape index (κ2) is 8.95. The van der Waals surface area contributed by atoms with Crippen LogP contribution in [-0.4, -0.2) is 47.8 Å². The molecule has 0 radical (unpaired) electrons. The number of urea groups is 1. The van der Waals surface area contributed by atoms with Gasteiger partial charge in [0.1, 0.15) is 12.8 Å². The average molecular weight is 412 g/mol. The number of carbonyl (C=O) groups excluding carboxylic acids is 2. The summed E-state index contributed by atoms with van der Waals surface area (Å²) in [5.74, 6) is -0.346. The molecule has 1 aliphatic rings. The smallest absolute Gasteiger partial charge is 0.376 e. The largest absolute Gasteiger partial charge is 0.416 e. The van der Waals surface area contributed by atoms with Gasteiger partial charge >= 0.3 is 12.2 Å². The Bertz CT molecular complexity index is 836. The third-order valence-electron chi connectivity index (χ3n) is 4.22. The molecule has 0 bridgehead atoms. The molecule has 0 aliphatic carbocycles. The molecular weight excluding hydrogens is 393 g/mol. The quantitative estimate of drug-likeness (QED) is 0.759. The molecule has 156 valence electrons. The van der Waals surface area contributed by atoms with Gasteiger partial charge < -0.3 is 24.8 Å². The van der Waals surface area contributed by atoms with E-state index in [9.17, 15) is 22.8 Å². The number of alkyl halides is 3. The number of halogens is 3. The number of nitrogens with one attached hydrogen (secondary N) is 2. The topological polar surface area (TPSA) is 96.7 Å². The Balaban J connectivity index is 1.68. The van der Waals surface area contributed by atoms with Crippen LogP contribution in [0, 0.1) is 0 Å². The van der Waals surface area contributed by atoms with Gasteiger partial charge in [-0.1, -0.05) is 11.2 Å². The fourth-order valence-electron chi connectivity index (χ4n) is 2.86. The van der Waals surface area contributed by atoms with Crippen molar-refractivity contribution in [3.8, 4) is 0 Å². The van der Waals surface area contributed by atoms with Crippen molar-refractivity contribution >= 4 is 23.4 Å². The normalized spacial score (nSPS) is 16.4. The minimum atomic E-state index is -4.53. The first-order valence-electron chi connectivity index (χ1n) is 8.86. The summed E-state index contributed by atoms with van der Waals surface area (Å²) >= 11 is 0. The van der Waals surface area contributed by atoms with E-state index in [1.165, 1.54) is 29.4 Å². The molecule has 2 aromatic rings. The van der Waals surface area contributed by atoms with Crippen LogP contribution in [0.25, 0.3) is 0 Å². The van der Waals surface area contributed by atoms with E-state index in [0.717, 1.165) is 25.0 Å². The highest BCUT2D eigenvalue weighted by Gasteiger charge is 2.31. The van der Waals surface area contributed by atoms with E-state index in [4.69, 9.17) is 4.74 Å². The molecule has 8 nitrogen and oxygen atoms in total. The fourth-order valence-corrected chi connectivity index (χ4v) is 2.86. The van der Waals surface area contributed by atoms with Gasteiger partial charge in [-0.15, -0.1) is 0 Å². The Morgan fingerprint density at radius 3 is 2.72 bits per heavy atom. The molecule has 1 aliphatic heterocycles. The standard InChI is InChI=1S/C18H19F3N4O4/c19-18(20,21)12-3-1-4-13(9-12)22-17(27)25(10-14-5-2-7-28-14)11-16(26)23-15-6-8-29-24-15/h1,3-4,6,8-9,14H,2,5,7,10-11H2,(H,22,27)(H,23,24,26). The maximum absolute atomic E-state index is 12.9. The minimum absolute atomic E-state index is 0.0286. The van der Waals surface area contributed by atoms with Crippen LogP contribution < -0.4 is 10.6 Å². The molecule has 0 spiro atoms. The molecule has 3 rings (SSSR count). The molecule has 1 aromatic heterocycles. The third-order valence-corrected chi connectivity index (χ3v) is 4.22. The Labute approximate surface area is 164 Å². The van der Waals surface area contributed by atoms with Gasteiger partial charge in [0.15, 0.2) is 5.82 Å². The van der Waals surface area contributed by atoms with Crippen LogP contribution in [0.4, 0.5) is 29.5 Å². The lowest BCUT2D eigenvalue weighted by atomic mass is 10.2. The zero-order valence-electron chi connectivity index (χ0n) is 15.2. The van der Waals surface area contributed by atoms with Crippen molar-refractivity contribution in [3.05, 3.63) is 42.2 Å². The first kappa shape index (κ1) is 20.6. The number of hydrogen-bond acceptors (Lipinski definition) is 5. The van der Waals surface area contributed by atoms with Crippen molar-refractivity contribution < 1.29 is 32.0 Å². The van der Waals surface area contributed by atoms with Crippen molar-refractivity contribution in [3.63, 3.8) is 0 Å². The van der Waals surface area contributed by atoms with Crippen LogP contribution in [0.2, 0.25) is 0 Å². The predicted octanol–water partition coefficient (Wildman–Crippen LogP) is 3.35. The number of anilines is 2. The first-order valence-corrected chi connectivity index (χ1v) is 8.86. The summed E-state index contributed by atoms with van der Waals surface area (Å²) in [7, 11) is 0. The highest BCUT2D eigenvalue weighted by Crippen LogP contribution is 2.30. The van der Waals surface area contributed by atoms with E-state index in [2.05, 4.69) is 20.3 Å². The lowest BCUT2D eigenvalue weighted by Gasteiger charge is -2.25. The molecule has 1 atom stereocenters. The van der Waals surface area contributed by atoms with Crippen molar-refractivity contribution in [2.75, 3.05) is 30.3 Å². The second-order valence-electron chi connectivity index (χ2n) is 6.46. The molecule has 0 saturated carbocycles. The summed E-state index contributed by atoms with van der Waals surface area (Å²) in [5, 5.41) is 8.43. The molecule has 29 heavy (non-hydrogen) atoms. The average Bonchev–Trinajstić information content (AvgIpc) is 3.34. The van der Waals surface area contributed by atoms with Gasteiger partial charge in [-0.25, -0.2) is 4.79 Å². The van der Waals surface area contributed by atoms with Crippen molar-refractivity contribution in [2.45, 2.75) is 25.1 Å². The maximum atomic E-state index is 12.9. The summed E-state index contributed by atoms with van der Waals surface area (Å²) in [5.41, 5.74) is -0.913. The van der Waals surface area contributed by atoms with E-state index in [1.54, 1.807) is 0 Å². The lowest BCUT2D eigenvalue weighted by Crippen LogP contribution is -2.44. The molecule has 1 unspecified atom stereocenters. The number of rotatable bonds is 6. The number of hydrogen-bond donors (Lipinski definition) is 2. The number of aromatic nitrogens is 1. The fraction of sp³-hybridized carbons (Fsp3) is 0.389. The summed E-state index contributed by atoms with van der Waals surface area (Å²) in [6.07, 6.45) is -1.95. The van der Waals surface area contributed by atoms with E-state index >= 15 is 0 Å². The third kappa shape index (κ3) is 5.95. The van der Waals surface area contributed by atoms with E-state index in [-0.39, 0.29) is 30.7 Å². The molecule has 11 heteroatoms. The number of nitrogens with zero attached hydrogens (tertiary/aromatic N) is 2. The molecule has 1 aromatic carbocycles. The van der Waals surface area contributed by atoms with Crippen LogP contribution in [0.5, 0.6) is 0 Å². The van der Waals surface area contributed by atoms with Crippen LogP contribution in [-0.2, 0) is 15.7 Å². The molecular formula is C18H19F3N4O4. The van der Waals surface area contributed by atoms with Gasteiger partial charge in [0.2, 0.25) is 5.91 Å². The van der Waals surface area contributed by atoms with Crippen molar-refractivity contribution in [1.29, 1.82) is 0 Å². The number of amides is 3. The minimum Gasteiger partial charge on any atom is -0.376 e. The van der Waals surface area contributed by atoms with Crippen LogP contribution in [0.15, 0.2) is 41.1 Å². The molecule has 3 amide bonds. The van der Waals surface area contributed by atoms with Crippen LogP contribution in [0.3, 0.4) is 0 Å². The Hall–Kier alpha value is -3.08. The molecule has 2 N–H and O–H groups in total. The summed E-state index contributed by atoms with van der Waals surface area (Å²) in [6.45, 7) is 0.341. The van der Waals surface area contributed by atoms with Crippen LogP contribution in [0.1, 0.15) is 18.4 Å². The number of benzene rings is 1. The van der Waals surface area contributed by atoms with Gasteiger partial charge in [0.05, 0.1) is 11.7 Å². The number of carbonyl (C=O) groups is 2.